The quantitative estimate of drug-likeness (QED) is 0.449. The first-order valence-electron chi connectivity index (χ1n) is 11.1. The largest absolute Gasteiger partial charge is 0.476 e. The predicted octanol–water partition coefficient (Wildman–Crippen LogP) is 3.45. The minimum atomic E-state index is -3.87. The van der Waals surface area contributed by atoms with E-state index in [1.807, 2.05) is 42.0 Å². The lowest BCUT2D eigenvalue weighted by Crippen LogP contribution is -2.50. The maximum atomic E-state index is 13.4. The van der Waals surface area contributed by atoms with E-state index in [0.29, 0.717) is 11.4 Å². The van der Waals surface area contributed by atoms with Crippen molar-refractivity contribution in [1.82, 2.24) is 14.9 Å². The Morgan fingerprint density at radius 3 is 2.46 bits per heavy atom. The molecule has 5 rings (SSSR count). The van der Waals surface area contributed by atoms with E-state index in [1.165, 1.54) is 16.4 Å². The number of para-hydroxylation sites is 2. The summed E-state index contributed by atoms with van der Waals surface area (Å²) in [5, 5.41) is 2.87. The molecule has 1 amide bonds. The molecule has 1 aliphatic rings. The van der Waals surface area contributed by atoms with E-state index < -0.39 is 16.1 Å². The first kappa shape index (κ1) is 22.7. The average Bonchev–Trinajstić information content (AvgIpc) is 3.33. The third-order valence-corrected chi connectivity index (χ3v) is 7.66. The van der Waals surface area contributed by atoms with E-state index in [4.69, 9.17) is 4.74 Å². The van der Waals surface area contributed by atoms with E-state index in [-0.39, 0.29) is 23.9 Å². The summed E-state index contributed by atoms with van der Waals surface area (Å²) in [6.07, 6.45) is 2.64. The number of rotatable bonds is 6. The Morgan fingerprint density at radius 2 is 1.74 bits per heavy atom. The minimum absolute atomic E-state index is 0.126. The van der Waals surface area contributed by atoms with Crippen molar-refractivity contribution >= 4 is 21.6 Å². The number of hydrogen-bond acceptors (Lipinski definition) is 5. The molecule has 1 atom stereocenters. The van der Waals surface area contributed by atoms with Gasteiger partial charge in [-0.1, -0.05) is 42.5 Å². The zero-order valence-electron chi connectivity index (χ0n) is 19.0. The molecule has 4 aromatic rings. The molecule has 1 aliphatic heterocycles. The van der Waals surface area contributed by atoms with Crippen molar-refractivity contribution < 1.29 is 17.9 Å². The highest BCUT2D eigenvalue weighted by Crippen LogP contribution is 2.36. The van der Waals surface area contributed by atoms with Gasteiger partial charge in [-0.25, -0.2) is 13.4 Å². The predicted molar refractivity (Wildman–Crippen MR) is 132 cm³/mol. The summed E-state index contributed by atoms with van der Waals surface area (Å²) in [7, 11) is -3.87. The van der Waals surface area contributed by atoms with Gasteiger partial charge in [0.1, 0.15) is 11.6 Å². The fourth-order valence-corrected chi connectivity index (χ4v) is 5.51. The first-order chi connectivity index (χ1) is 16.9. The van der Waals surface area contributed by atoms with Gasteiger partial charge in [0.15, 0.2) is 6.10 Å². The second-order valence-electron chi connectivity index (χ2n) is 8.15. The third kappa shape index (κ3) is 4.50. The van der Waals surface area contributed by atoms with Gasteiger partial charge in [-0.3, -0.25) is 9.10 Å². The maximum Gasteiger partial charge on any atom is 0.264 e. The van der Waals surface area contributed by atoms with Gasteiger partial charge in [0.25, 0.3) is 15.9 Å². The Hall–Kier alpha value is -4.11. The summed E-state index contributed by atoms with van der Waals surface area (Å²) in [6, 6.07) is 22.8. The molecule has 3 aromatic carbocycles. The third-order valence-electron chi connectivity index (χ3n) is 5.87. The van der Waals surface area contributed by atoms with Gasteiger partial charge in [-0.05, 0) is 48.9 Å². The second kappa shape index (κ2) is 9.27. The topological polar surface area (TPSA) is 93.5 Å². The lowest BCUT2D eigenvalue weighted by Gasteiger charge is -2.34. The number of carbonyl (C=O) groups is 1. The number of hydrogen-bond donors (Lipinski definition) is 1. The smallest absolute Gasteiger partial charge is 0.264 e. The highest BCUT2D eigenvalue weighted by molar-refractivity contribution is 7.92. The zero-order valence-corrected chi connectivity index (χ0v) is 19.9. The van der Waals surface area contributed by atoms with Crippen LogP contribution in [0.5, 0.6) is 5.75 Å². The van der Waals surface area contributed by atoms with E-state index >= 15 is 0 Å². The molecule has 1 N–H and O–H groups in total. The summed E-state index contributed by atoms with van der Waals surface area (Å²) in [5.74, 6) is 0.844. The Morgan fingerprint density at radius 1 is 1.03 bits per heavy atom. The number of nitrogens with one attached hydrogen (secondary N) is 1. The number of fused-ring (bicyclic) bond motifs is 1. The number of sulfonamides is 1. The Bertz CT molecular complexity index is 1450. The molecule has 0 bridgehead atoms. The van der Waals surface area contributed by atoms with Crippen molar-refractivity contribution in [1.29, 1.82) is 0 Å². The summed E-state index contributed by atoms with van der Waals surface area (Å²) in [6.45, 7) is 2.09. The highest BCUT2D eigenvalue weighted by Gasteiger charge is 2.37. The highest BCUT2D eigenvalue weighted by atomic mass is 32.2. The van der Waals surface area contributed by atoms with Gasteiger partial charge in [0.2, 0.25) is 0 Å². The minimum Gasteiger partial charge on any atom is -0.476 e. The summed E-state index contributed by atoms with van der Waals surface area (Å²) in [5.41, 5.74) is 2.29. The molecule has 0 fully saturated rings. The normalized spacial score (nSPS) is 15.2. The van der Waals surface area contributed by atoms with Crippen LogP contribution in [0.15, 0.2) is 96.2 Å². The number of amides is 1. The van der Waals surface area contributed by atoms with Gasteiger partial charge in [-0.15, -0.1) is 0 Å². The van der Waals surface area contributed by atoms with Crippen molar-refractivity contribution in [2.45, 2.75) is 24.5 Å². The van der Waals surface area contributed by atoms with Gasteiger partial charge in [-0.2, -0.15) is 0 Å². The molecule has 178 valence electrons. The van der Waals surface area contributed by atoms with Gasteiger partial charge >= 0.3 is 0 Å². The number of imidazole rings is 1. The van der Waals surface area contributed by atoms with Crippen LogP contribution in [-0.2, 0) is 21.4 Å². The molecular formula is C26H24N4O4S. The number of carbonyl (C=O) groups excluding carboxylic acids is 1. The standard InChI is InChI=1S/C26H24N4O4S/c1-19-27-15-16-29(19)21-13-11-20(12-14-21)17-28-26(31)25-18-30(23-9-5-6-10-24(23)34-25)35(32,33)22-7-3-2-4-8-22/h2-16,25H,17-18H2,1H3,(H,28,31). The molecule has 8 nitrogen and oxygen atoms in total. The number of nitrogens with zero attached hydrogens (tertiary/aromatic N) is 3. The summed E-state index contributed by atoms with van der Waals surface area (Å²) < 4.78 is 35.9. The lowest BCUT2D eigenvalue weighted by atomic mass is 10.2. The van der Waals surface area contributed by atoms with Crippen molar-refractivity contribution in [3.05, 3.63) is 103 Å². The first-order valence-corrected chi connectivity index (χ1v) is 12.6. The maximum absolute atomic E-state index is 13.4. The SMILES string of the molecule is Cc1nccn1-c1ccc(CNC(=O)C2CN(S(=O)(=O)c3ccccc3)c3ccccc3O2)cc1. The second-order valence-corrected chi connectivity index (χ2v) is 10.0. The Kier molecular flexibility index (Phi) is 6.00. The molecule has 0 spiro atoms. The van der Waals surface area contributed by atoms with E-state index in [0.717, 1.165) is 17.1 Å². The van der Waals surface area contributed by atoms with Crippen LogP contribution < -0.4 is 14.4 Å². The fourth-order valence-electron chi connectivity index (χ4n) is 4.01. The van der Waals surface area contributed by atoms with Crippen molar-refractivity contribution in [3.63, 3.8) is 0 Å². The van der Waals surface area contributed by atoms with Crippen molar-refractivity contribution in [2.75, 3.05) is 10.8 Å². The molecule has 1 unspecified atom stereocenters. The average molecular weight is 489 g/mol. The van der Waals surface area contributed by atoms with Gasteiger partial charge in [0.05, 0.1) is 17.1 Å². The van der Waals surface area contributed by atoms with Crippen LogP contribution >= 0.6 is 0 Å². The number of ether oxygens (including phenoxy) is 1. The monoisotopic (exact) mass is 488 g/mol. The van der Waals surface area contributed by atoms with Crippen LogP contribution in [0, 0.1) is 6.92 Å². The molecule has 0 aliphatic carbocycles. The summed E-state index contributed by atoms with van der Waals surface area (Å²) >= 11 is 0. The van der Waals surface area contributed by atoms with Crippen LogP contribution in [-0.4, -0.2) is 36.5 Å². The zero-order chi connectivity index (χ0) is 24.4. The molecule has 0 radical (unpaired) electrons. The molecule has 0 saturated carbocycles. The van der Waals surface area contributed by atoms with E-state index in [2.05, 4.69) is 10.3 Å². The van der Waals surface area contributed by atoms with Gasteiger partial charge < -0.3 is 14.6 Å². The van der Waals surface area contributed by atoms with Crippen LogP contribution in [0.2, 0.25) is 0 Å². The molecule has 0 saturated heterocycles. The lowest BCUT2D eigenvalue weighted by molar-refractivity contribution is -0.127. The molecule has 35 heavy (non-hydrogen) atoms. The van der Waals surface area contributed by atoms with E-state index in [9.17, 15) is 13.2 Å². The van der Waals surface area contributed by atoms with Crippen LogP contribution in [0.25, 0.3) is 5.69 Å². The number of benzene rings is 3. The van der Waals surface area contributed by atoms with Crippen molar-refractivity contribution in [2.24, 2.45) is 0 Å². The molecule has 9 heteroatoms. The molecular weight excluding hydrogens is 464 g/mol. The van der Waals surface area contributed by atoms with E-state index in [1.54, 1.807) is 48.7 Å². The molecule has 2 heterocycles. The van der Waals surface area contributed by atoms with Gasteiger partial charge in [0, 0.05) is 24.6 Å². The fraction of sp³-hybridized carbons (Fsp3) is 0.154. The van der Waals surface area contributed by atoms with Crippen molar-refractivity contribution in [3.8, 4) is 11.4 Å². The Balaban J connectivity index is 1.32. The molecule has 1 aromatic heterocycles. The number of anilines is 1. The van der Waals surface area contributed by atoms with Crippen LogP contribution in [0.1, 0.15) is 11.4 Å². The van der Waals surface area contributed by atoms with Crippen LogP contribution in [0.4, 0.5) is 5.69 Å². The Labute approximate surface area is 203 Å². The summed E-state index contributed by atoms with van der Waals surface area (Å²) in [4.78, 5) is 17.4. The van der Waals surface area contributed by atoms with Crippen LogP contribution in [0.3, 0.4) is 0 Å². The number of aryl methyl sites for hydroxylation is 1. The number of aromatic nitrogens is 2.